The van der Waals surface area contributed by atoms with Crippen LogP contribution >= 0.6 is 0 Å². The molecule has 1 aliphatic carbocycles. The Morgan fingerprint density at radius 1 is 0.968 bits per heavy atom. The molecular formula is C24H30N2O5. The Labute approximate surface area is 183 Å². The van der Waals surface area contributed by atoms with Crippen LogP contribution in [0.4, 0.5) is 0 Å². The molecule has 0 spiro atoms. The summed E-state index contributed by atoms with van der Waals surface area (Å²) in [4.78, 5) is 9.58. The third-order valence-electron chi connectivity index (χ3n) is 5.96. The van der Waals surface area contributed by atoms with Crippen molar-refractivity contribution in [3.63, 3.8) is 0 Å². The van der Waals surface area contributed by atoms with E-state index in [0.717, 1.165) is 35.2 Å². The predicted octanol–water partition coefficient (Wildman–Crippen LogP) is 3.74. The first-order valence-electron chi connectivity index (χ1n) is 10.9. The molecule has 1 aliphatic heterocycles. The number of methoxy groups -OCH3 is 2. The van der Waals surface area contributed by atoms with Crippen LogP contribution in [-0.4, -0.2) is 55.4 Å². The fourth-order valence-corrected chi connectivity index (χ4v) is 4.58. The van der Waals surface area contributed by atoms with E-state index < -0.39 is 0 Å². The predicted molar refractivity (Wildman–Crippen MR) is 118 cm³/mol. The first kappa shape index (κ1) is 21.4. The summed E-state index contributed by atoms with van der Waals surface area (Å²) in [6.45, 7) is 4.94. The van der Waals surface area contributed by atoms with E-state index in [1.165, 1.54) is 0 Å². The van der Waals surface area contributed by atoms with Gasteiger partial charge in [0.1, 0.15) is 0 Å². The number of benzene rings is 1. The number of ether oxygens (including phenoxy) is 4. The average Bonchev–Trinajstić information content (AvgIpc) is 2.78. The van der Waals surface area contributed by atoms with Crippen molar-refractivity contribution in [2.75, 3.05) is 27.4 Å². The zero-order valence-corrected chi connectivity index (χ0v) is 18.6. The van der Waals surface area contributed by atoms with Crippen LogP contribution in [-0.2, 0) is 0 Å². The lowest BCUT2D eigenvalue weighted by Gasteiger charge is -2.37. The fourth-order valence-electron chi connectivity index (χ4n) is 4.58. The molecule has 0 amide bonds. The third-order valence-corrected chi connectivity index (χ3v) is 5.96. The number of hydrogen-bond acceptors (Lipinski definition) is 7. The summed E-state index contributed by atoms with van der Waals surface area (Å²) in [7, 11) is 3.22. The summed E-state index contributed by atoms with van der Waals surface area (Å²) in [6.07, 6.45) is 3.75. The van der Waals surface area contributed by atoms with Gasteiger partial charge in [-0.2, -0.15) is 0 Å². The number of aliphatic hydroxyl groups excluding tert-OH is 1. The molecule has 0 unspecified atom stereocenters. The van der Waals surface area contributed by atoms with E-state index >= 15 is 0 Å². The summed E-state index contributed by atoms with van der Waals surface area (Å²) in [6, 6.07) is 6.08. The van der Waals surface area contributed by atoms with Crippen LogP contribution in [0.1, 0.15) is 55.7 Å². The van der Waals surface area contributed by atoms with Gasteiger partial charge in [0, 0.05) is 23.2 Å². The van der Waals surface area contributed by atoms with Crippen LogP contribution < -0.4 is 18.9 Å². The molecule has 1 aromatic carbocycles. The molecule has 2 heterocycles. The van der Waals surface area contributed by atoms with E-state index in [9.17, 15) is 5.11 Å². The van der Waals surface area contributed by atoms with Crippen LogP contribution in [0.25, 0.3) is 0 Å². The second kappa shape index (κ2) is 9.14. The fraction of sp³-hybridized carbons (Fsp3) is 0.500. The Hall–Kier alpha value is -2.80. The molecule has 0 saturated heterocycles. The maximum absolute atomic E-state index is 10.3. The van der Waals surface area contributed by atoms with Crippen molar-refractivity contribution in [2.24, 2.45) is 4.99 Å². The smallest absolute Gasteiger partial charge is 0.256 e. The van der Waals surface area contributed by atoms with Gasteiger partial charge in [0.15, 0.2) is 17.2 Å². The molecule has 2 aromatic rings. The molecule has 7 heteroatoms. The van der Waals surface area contributed by atoms with E-state index in [1.54, 1.807) is 20.4 Å². The monoisotopic (exact) mass is 426 g/mol. The molecule has 1 N–H and O–H groups in total. The molecule has 1 aromatic heterocycles. The lowest BCUT2D eigenvalue weighted by molar-refractivity contribution is 0.111. The summed E-state index contributed by atoms with van der Waals surface area (Å²) in [5, 5.41) is 10.3. The average molecular weight is 427 g/mol. The summed E-state index contributed by atoms with van der Waals surface area (Å²) < 4.78 is 22.6. The number of hydrogen-bond donors (Lipinski definition) is 1. The first-order valence-corrected chi connectivity index (χ1v) is 10.9. The van der Waals surface area contributed by atoms with Gasteiger partial charge in [-0.1, -0.05) is 0 Å². The summed E-state index contributed by atoms with van der Waals surface area (Å²) in [5.41, 5.74) is 3.82. The highest BCUT2D eigenvalue weighted by Crippen LogP contribution is 2.45. The Bertz CT molecular complexity index is 975. The SMILES string of the molecule is CCOc1cc2c(cc1OC)C(c1cnc(OC)c(OCC)c1)=N[C@@H]1CC[C@@H](O)C[C@H]21. The molecular weight excluding hydrogens is 396 g/mol. The Morgan fingerprint density at radius 3 is 2.45 bits per heavy atom. The highest BCUT2D eigenvalue weighted by atomic mass is 16.5. The number of fused-ring (bicyclic) bond motifs is 3. The number of rotatable bonds is 7. The minimum absolute atomic E-state index is 0.103. The Balaban J connectivity index is 1.87. The number of pyridine rings is 1. The van der Waals surface area contributed by atoms with Crippen LogP contribution in [0, 0.1) is 0 Å². The third kappa shape index (κ3) is 4.06. The van der Waals surface area contributed by atoms with Crippen molar-refractivity contribution in [3.8, 4) is 23.1 Å². The maximum atomic E-state index is 10.3. The van der Waals surface area contributed by atoms with Crippen LogP contribution in [0.2, 0.25) is 0 Å². The van der Waals surface area contributed by atoms with Crippen molar-refractivity contribution >= 4 is 5.71 Å². The molecule has 0 bridgehead atoms. The minimum Gasteiger partial charge on any atom is -0.493 e. The normalized spacial score (nSPS) is 22.1. The molecule has 166 valence electrons. The molecule has 0 radical (unpaired) electrons. The van der Waals surface area contributed by atoms with Crippen molar-refractivity contribution in [1.82, 2.24) is 4.98 Å². The highest BCUT2D eigenvalue weighted by Gasteiger charge is 2.37. The van der Waals surface area contributed by atoms with Gasteiger partial charge < -0.3 is 24.1 Å². The molecule has 2 aliphatic rings. The van der Waals surface area contributed by atoms with E-state index in [4.69, 9.17) is 23.9 Å². The lowest BCUT2D eigenvalue weighted by Crippen LogP contribution is -2.34. The van der Waals surface area contributed by atoms with Gasteiger partial charge in [-0.25, -0.2) is 4.98 Å². The largest absolute Gasteiger partial charge is 0.493 e. The van der Waals surface area contributed by atoms with Gasteiger partial charge in [-0.05, 0) is 56.9 Å². The van der Waals surface area contributed by atoms with Crippen molar-refractivity contribution in [2.45, 2.75) is 51.2 Å². The van der Waals surface area contributed by atoms with Crippen LogP contribution in [0.15, 0.2) is 29.4 Å². The molecule has 1 saturated carbocycles. The molecule has 4 rings (SSSR count). The van der Waals surface area contributed by atoms with Crippen molar-refractivity contribution in [1.29, 1.82) is 0 Å². The molecule has 31 heavy (non-hydrogen) atoms. The van der Waals surface area contributed by atoms with E-state index in [2.05, 4.69) is 11.1 Å². The van der Waals surface area contributed by atoms with Gasteiger partial charge in [0.2, 0.25) is 0 Å². The van der Waals surface area contributed by atoms with Gasteiger partial charge in [-0.3, -0.25) is 4.99 Å². The van der Waals surface area contributed by atoms with E-state index in [0.29, 0.717) is 42.8 Å². The van der Waals surface area contributed by atoms with Crippen LogP contribution in [0.3, 0.4) is 0 Å². The molecule has 3 atom stereocenters. The van der Waals surface area contributed by atoms with Crippen molar-refractivity contribution < 1.29 is 24.1 Å². The van der Waals surface area contributed by atoms with Crippen molar-refractivity contribution in [3.05, 3.63) is 41.1 Å². The first-order chi connectivity index (χ1) is 15.1. The second-order valence-corrected chi connectivity index (χ2v) is 7.81. The number of aromatic nitrogens is 1. The highest BCUT2D eigenvalue weighted by molar-refractivity contribution is 6.15. The van der Waals surface area contributed by atoms with Gasteiger partial charge in [0.05, 0.1) is 45.3 Å². The quantitative estimate of drug-likeness (QED) is 0.726. The number of nitrogens with zero attached hydrogens (tertiary/aromatic N) is 2. The Kier molecular flexibility index (Phi) is 6.32. The van der Waals surface area contributed by atoms with Gasteiger partial charge in [0.25, 0.3) is 5.88 Å². The molecule has 7 nitrogen and oxygen atoms in total. The summed E-state index contributed by atoms with van der Waals surface area (Å²) >= 11 is 0. The van der Waals surface area contributed by atoms with Gasteiger partial charge >= 0.3 is 0 Å². The summed E-state index contributed by atoms with van der Waals surface area (Å²) in [5.74, 6) is 2.56. The standard InChI is InChI=1S/C24H30N2O5/c1-5-30-21-11-16-17-10-15(27)7-8-19(17)26-23(18(16)12-20(21)28-3)14-9-22(31-6-2)24(29-4)25-13-14/h9,11-13,15,17,19,27H,5-8,10H2,1-4H3/t15-,17-,19-/m1/s1. The second-order valence-electron chi connectivity index (χ2n) is 7.81. The zero-order valence-electron chi connectivity index (χ0n) is 18.6. The number of aliphatic hydroxyl groups is 1. The lowest BCUT2D eigenvalue weighted by atomic mass is 9.74. The van der Waals surface area contributed by atoms with Crippen LogP contribution in [0.5, 0.6) is 23.1 Å². The van der Waals surface area contributed by atoms with Gasteiger partial charge in [-0.15, -0.1) is 0 Å². The minimum atomic E-state index is -0.310. The molecule has 1 fully saturated rings. The topological polar surface area (TPSA) is 82.4 Å². The van der Waals surface area contributed by atoms with E-state index in [-0.39, 0.29) is 18.1 Å². The zero-order chi connectivity index (χ0) is 22.0. The van der Waals surface area contributed by atoms with E-state index in [1.807, 2.05) is 26.0 Å². The Morgan fingerprint density at radius 2 is 1.74 bits per heavy atom. The number of aliphatic imine (C=N–C) groups is 1. The maximum Gasteiger partial charge on any atom is 0.256 e.